The molecule has 0 aliphatic heterocycles. The molecule has 0 N–H and O–H groups in total. The number of benzene rings is 2. The fourth-order valence-corrected chi connectivity index (χ4v) is 1.88. The fourth-order valence-electron chi connectivity index (χ4n) is 1.88. The van der Waals surface area contributed by atoms with Crippen LogP contribution in [0.1, 0.15) is 15.9 Å². The maximum atomic E-state index is 13.1. The molecule has 2 rings (SSSR count). The van der Waals surface area contributed by atoms with Gasteiger partial charge in [0, 0.05) is 19.2 Å². The minimum Gasteiger partial charge on any atom is -0.337 e. The molecule has 0 atom stereocenters. The number of hydrogen-bond acceptors (Lipinski definition) is 1. The number of carbonyl (C=O) groups is 1. The Balaban J connectivity index is 2.20. The molecule has 0 unspecified atom stereocenters. The Labute approximate surface area is 118 Å². The van der Waals surface area contributed by atoms with E-state index in [-0.39, 0.29) is 12.1 Å². The number of nitrogens with zero attached hydrogens (tertiary/aromatic N) is 1. The second-order valence-electron chi connectivity index (χ2n) is 4.55. The van der Waals surface area contributed by atoms with Crippen LogP contribution in [0.15, 0.2) is 36.4 Å². The molecule has 110 valence electrons. The van der Waals surface area contributed by atoms with Crippen LogP contribution in [0.5, 0.6) is 0 Å². The predicted molar refractivity (Wildman–Crippen MR) is 68.5 cm³/mol. The predicted octanol–water partition coefficient (Wildman–Crippen LogP) is 3.52. The molecule has 0 bridgehead atoms. The van der Waals surface area contributed by atoms with Crippen molar-refractivity contribution in [2.45, 2.75) is 6.54 Å². The SMILES string of the molecule is CN(Cc1cccc(F)c1)C(=O)c1cc(F)c(F)c(F)c1. The molecule has 0 saturated carbocycles. The van der Waals surface area contributed by atoms with Gasteiger partial charge in [0.05, 0.1) is 0 Å². The van der Waals surface area contributed by atoms with E-state index < -0.39 is 29.2 Å². The Morgan fingerprint density at radius 3 is 2.24 bits per heavy atom. The van der Waals surface area contributed by atoms with Crippen molar-refractivity contribution in [3.05, 3.63) is 70.8 Å². The van der Waals surface area contributed by atoms with E-state index >= 15 is 0 Å². The summed E-state index contributed by atoms with van der Waals surface area (Å²) in [5, 5.41) is 0. The van der Waals surface area contributed by atoms with Crippen LogP contribution in [0, 0.1) is 23.3 Å². The van der Waals surface area contributed by atoms with Crippen molar-refractivity contribution in [3.63, 3.8) is 0 Å². The molecule has 2 nitrogen and oxygen atoms in total. The van der Waals surface area contributed by atoms with Gasteiger partial charge in [-0.05, 0) is 29.8 Å². The van der Waals surface area contributed by atoms with E-state index in [0.717, 1.165) is 4.90 Å². The largest absolute Gasteiger partial charge is 0.337 e. The molecule has 0 aliphatic rings. The first kappa shape index (κ1) is 15.0. The topological polar surface area (TPSA) is 20.3 Å². The van der Waals surface area contributed by atoms with E-state index in [1.54, 1.807) is 6.07 Å². The molecule has 0 fully saturated rings. The summed E-state index contributed by atoms with van der Waals surface area (Å²) < 4.78 is 52.1. The minimum atomic E-state index is -1.63. The molecule has 0 radical (unpaired) electrons. The van der Waals surface area contributed by atoms with Gasteiger partial charge in [-0.15, -0.1) is 0 Å². The normalized spacial score (nSPS) is 10.5. The summed E-state index contributed by atoms with van der Waals surface area (Å²) in [5.41, 5.74) is 0.208. The average molecular weight is 297 g/mol. The summed E-state index contributed by atoms with van der Waals surface area (Å²) in [6.07, 6.45) is 0. The molecule has 21 heavy (non-hydrogen) atoms. The second-order valence-corrected chi connectivity index (χ2v) is 4.55. The van der Waals surface area contributed by atoms with E-state index in [4.69, 9.17) is 0 Å². The molecule has 0 spiro atoms. The van der Waals surface area contributed by atoms with Crippen molar-refractivity contribution >= 4 is 5.91 Å². The maximum Gasteiger partial charge on any atom is 0.254 e. The van der Waals surface area contributed by atoms with Crippen molar-refractivity contribution < 1.29 is 22.4 Å². The Kier molecular flexibility index (Phi) is 4.26. The summed E-state index contributed by atoms with van der Waals surface area (Å²) in [6, 6.07) is 6.86. The molecule has 2 aromatic carbocycles. The van der Waals surface area contributed by atoms with E-state index in [0.29, 0.717) is 17.7 Å². The van der Waals surface area contributed by atoms with Crippen molar-refractivity contribution in [3.8, 4) is 0 Å². The zero-order chi connectivity index (χ0) is 15.6. The summed E-state index contributed by atoms with van der Waals surface area (Å²) in [7, 11) is 1.40. The first-order valence-corrected chi connectivity index (χ1v) is 6.03. The van der Waals surface area contributed by atoms with Gasteiger partial charge in [0.25, 0.3) is 5.91 Å². The number of amides is 1. The number of hydrogen-bond donors (Lipinski definition) is 0. The van der Waals surface area contributed by atoms with Gasteiger partial charge in [-0.25, -0.2) is 17.6 Å². The highest BCUT2D eigenvalue weighted by molar-refractivity contribution is 5.94. The van der Waals surface area contributed by atoms with E-state index in [9.17, 15) is 22.4 Å². The zero-order valence-electron chi connectivity index (χ0n) is 11.0. The number of carbonyl (C=O) groups excluding carboxylic acids is 1. The Morgan fingerprint density at radius 2 is 1.67 bits per heavy atom. The van der Waals surface area contributed by atoms with Gasteiger partial charge >= 0.3 is 0 Å². The molecule has 6 heteroatoms. The van der Waals surface area contributed by atoms with Crippen LogP contribution in [-0.4, -0.2) is 17.9 Å². The Morgan fingerprint density at radius 1 is 1.05 bits per heavy atom. The fraction of sp³-hybridized carbons (Fsp3) is 0.133. The van der Waals surface area contributed by atoms with Crippen molar-refractivity contribution in [1.82, 2.24) is 4.90 Å². The molecular weight excluding hydrogens is 286 g/mol. The molecule has 2 aromatic rings. The lowest BCUT2D eigenvalue weighted by Gasteiger charge is -2.17. The standard InChI is InChI=1S/C15H11F4NO/c1-20(8-9-3-2-4-11(16)5-9)15(21)10-6-12(17)14(19)13(18)7-10/h2-7H,8H2,1H3. The maximum absolute atomic E-state index is 13.1. The summed E-state index contributed by atoms with van der Waals surface area (Å²) in [6.45, 7) is 0.0528. The highest BCUT2D eigenvalue weighted by Crippen LogP contribution is 2.16. The third-order valence-electron chi connectivity index (χ3n) is 2.89. The van der Waals surface area contributed by atoms with Crippen LogP contribution >= 0.6 is 0 Å². The van der Waals surface area contributed by atoms with E-state index in [1.807, 2.05) is 0 Å². The second kappa shape index (κ2) is 5.95. The van der Waals surface area contributed by atoms with Crippen molar-refractivity contribution in [2.75, 3.05) is 7.05 Å². The third-order valence-corrected chi connectivity index (χ3v) is 2.89. The van der Waals surface area contributed by atoms with Crippen LogP contribution < -0.4 is 0 Å². The highest BCUT2D eigenvalue weighted by Gasteiger charge is 2.18. The zero-order valence-corrected chi connectivity index (χ0v) is 11.0. The lowest BCUT2D eigenvalue weighted by molar-refractivity contribution is 0.0783. The number of rotatable bonds is 3. The van der Waals surface area contributed by atoms with Crippen molar-refractivity contribution in [2.24, 2.45) is 0 Å². The number of halogens is 4. The van der Waals surface area contributed by atoms with Crippen LogP contribution in [0.25, 0.3) is 0 Å². The Bertz CT molecular complexity index is 664. The van der Waals surface area contributed by atoms with E-state index in [2.05, 4.69) is 0 Å². The molecule has 0 aliphatic carbocycles. The molecular formula is C15H11F4NO. The van der Waals surface area contributed by atoms with Gasteiger partial charge in [-0.2, -0.15) is 0 Å². The molecule has 0 heterocycles. The van der Waals surface area contributed by atoms with Gasteiger partial charge in [0.15, 0.2) is 17.5 Å². The first-order valence-electron chi connectivity index (χ1n) is 6.03. The summed E-state index contributed by atoms with van der Waals surface area (Å²) in [4.78, 5) is 13.2. The molecule has 0 saturated heterocycles. The van der Waals surface area contributed by atoms with Crippen LogP contribution in [0.3, 0.4) is 0 Å². The van der Waals surface area contributed by atoms with Crippen LogP contribution in [-0.2, 0) is 6.54 Å². The van der Waals surface area contributed by atoms with Gasteiger partial charge in [0.1, 0.15) is 5.82 Å². The van der Waals surface area contributed by atoms with Crippen LogP contribution in [0.4, 0.5) is 17.6 Å². The van der Waals surface area contributed by atoms with Crippen molar-refractivity contribution in [1.29, 1.82) is 0 Å². The third kappa shape index (κ3) is 3.39. The van der Waals surface area contributed by atoms with E-state index in [1.165, 1.54) is 25.2 Å². The van der Waals surface area contributed by atoms with Gasteiger partial charge in [0.2, 0.25) is 0 Å². The quantitative estimate of drug-likeness (QED) is 0.627. The van der Waals surface area contributed by atoms with Crippen LogP contribution in [0.2, 0.25) is 0 Å². The summed E-state index contributed by atoms with van der Waals surface area (Å²) >= 11 is 0. The average Bonchev–Trinajstić information content (AvgIpc) is 2.43. The first-order chi connectivity index (χ1) is 9.88. The summed E-state index contributed by atoms with van der Waals surface area (Å²) in [5.74, 6) is -5.64. The monoisotopic (exact) mass is 297 g/mol. The highest BCUT2D eigenvalue weighted by atomic mass is 19.2. The lowest BCUT2D eigenvalue weighted by atomic mass is 10.1. The van der Waals surface area contributed by atoms with Gasteiger partial charge in [-0.1, -0.05) is 12.1 Å². The molecule has 1 amide bonds. The lowest BCUT2D eigenvalue weighted by Crippen LogP contribution is -2.26. The smallest absolute Gasteiger partial charge is 0.254 e. The molecule has 0 aromatic heterocycles. The Hall–Kier alpha value is -2.37. The minimum absolute atomic E-state index is 0.0528. The van der Waals surface area contributed by atoms with Gasteiger partial charge < -0.3 is 4.90 Å². The van der Waals surface area contributed by atoms with Gasteiger partial charge in [-0.3, -0.25) is 4.79 Å².